The molecule has 0 radical (unpaired) electrons. The van der Waals surface area contributed by atoms with Gasteiger partial charge in [-0.2, -0.15) is 5.10 Å². The summed E-state index contributed by atoms with van der Waals surface area (Å²) < 4.78 is 2.11. The van der Waals surface area contributed by atoms with Crippen molar-refractivity contribution >= 4 is 11.4 Å². The molecule has 1 aliphatic rings. The second kappa shape index (κ2) is 5.19. The fourth-order valence-corrected chi connectivity index (χ4v) is 2.91. The summed E-state index contributed by atoms with van der Waals surface area (Å²) in [7, 11) is 0. The quantitative estimate of drug-likeness (QED) is 0.869. The highest BCUT2D eigenvalue weighted by molar-refractivity contribution is 5.64. The molecule has 2 aromatic rings. The van der Waals surface area contributed by atoms with Gasteiger partial charge in [0.25, 0.3) is 0 Å². The second-order valence-corrected chi connectivity index (χ2v) is 5.36. The first kappa shape index (κ1) is 13.0. The Bertz CT molecular complexity index is 615. The van der Waals surface area contributed by atoms with Gasteiger partial charge in [-0.05, 0) is 43.5 Å². The van der Waals surface area contributed by atoms with Gasteiger partial charge in [0.15, 0.2) is 0 Å². The van der Waals surface area contributed by atoms with Crippen LogP contribution in [-0.4, -0.2) is 16.3 Å². The molecule has 2 heterocycles. The van der Waals surface area contributed by atoms with Crippen LogP contribution in [0.1, 0.15) is 30.8 Å². The number of benzene rings is 1. The lowest BCUT2D eigenvalue weighted by Crippen LogP contribution is -2.22. The van der Waals surface area contributed by atoms with Crippen molar-refractivity contribution < 1.29 is 0 Å². The van der Waals surface area contributed by atoms with Gasteiger partial charge in [0.05, 0.1) is 17.9 Å². The molecule has 0 unspecified atom stereocenters. The summed E-state index contributed by atoms with van der Waals surface area (Å²) in [6, 6.07) is 8.47. The standard InChI is InChI=1S/C16H22N4/c1-3-14-10-15(20(4-2)18-14)11-19-8-7-12-5-6-13(17)9-16(12)19/h5-6,9-10H,3-4,7-8,11,17H2,1-2H3. The molecule has 4 heteroatoms. The smallest absolute Gasteiger partial charge is 0.0625 e. The molecule has 1 aromatic carbocycles. The summed E-state index contributed by atoms with van der Waals surface area (Å²) in [5, 5.41) is 4.63. The first-order chi connectivity index (χ1) is 9.71. The minimum Gasteiger partial charge on any atom is -0.399 e. The normalized spacial score (nSPS) is 13.8. The fraction of sp³-hybridized carbons (Fsp3) is 0.438. The number of rotatable bonds is 4. The third-order valence-corrected chi connectivity index (χ3v) is 4.03. The molecule has 0 atom stereocenters. The first-order valence-electron chi connectivity index (χ1n) is 7.40. The van der Waals surface area contributed by atoms with Crippen LogP contribution in [0.2, 0.25) is 0 Å². The van der Waals surface area contributed by atoms with E-state index in [1.54, 1.807) is 0 Å². The van der Waals surface area contributed by atoms with Crippen molar-refractivity contribution in [3.05, 3.63) is 41.2 Å². The Balaban J connectivity index is 1.87. The van der Waals surface area contributed by atoms with Crippen molar-refractivity contribution in [3.63, 3.8) is 0 Å². The van der Waals surface area contributed by atoms with E-state index in [-0.39, 0.29) is 0 Å². The number of hydrogen-bond donors (Lipinski definition) is 1. The minimum atomic E-state index is 0.842. The predicted octanol–water partition coefficient (Wildman–Crippen LogP) is 2.61. The van der Waals surface area contributed by atoms with Crippen LogP contribution in [0.4, 0.5) is 11.4 Å². The Labute approximate surface area is 120 Å². The van der Waals surface area contributed by atoms with Crippen molar-refractivity contribution in [2.24, 2.45) is 0 Å². The van der Waals surface area contributed by atoms with Gasteiger partial charge in [-0.15, -0.1) is 0 Å². The van der Waals surface area contributed by atoms with Crippen molar-refractivity contribution in [1.29, 1.82) is 0 Å². The van der Waals surface area contributed by atoms with Crippen molar-refractivity contribution in [1.82, 2.24) is 9.78 Å². The van der Waals surface area contributed by atoms with Crippen LogP contribution in [0.15, 0.2) is 24.3 Å². The highest BCUT2D eigenvalue weighted by Crippen LogP contribution is 2.31. The van der Waals surface area contributed by atoms with E-state index in [2.05, 4.69) is 46.7 Å². The van der Waals surface area contributed by atoms with Gasteiger partial charge >= 0.3 is 0 Å². The van der Waals surface area contributed by atoms with E-state index in [4.69, 9.17) is 5.73 Å². The third kappa shape index (κ3) is 2.26. The van der Waals surface area contributed by atoms with E-state index in [9.17, 15) is 0 Å². The lowest BCUT2D eigenvalue weighted by molar-refractivity contribution is 0.606. The summed E-state index contributed by atoms with van der Waals surface area (Å²) in [5.41, 5.74) is 11.9. The Morgan fingerprint density at radius 1 is 1.25 bits per heavy atom. The molecule has 0 saturated carbocycles. The van der Waals surface area contributed by atoms with Crippen molar-refractivity contribution in [3.8, 4) is 0 Å². The van der Waals surface area contributed by atoms with Crippen LogP contribution in [0.5, 0.6) is 0 Å². The second-order valence-electron chi connectivity index (χ2n) is 5.36. The van der Waals surface area contributed by atoms with Crippen LogP contribution < -0.4 is 10.6 Å². The number of aromatic nitrogens is 2. The van der Waals surface area contributed by atoms with Gasteiger partial charge in [0, 0.05) is 24.5 Å². The number of fused-ring (bicyclic) bond motifs is 1. The first-order valence-corrected chi connectivity index (χ1v) is 7.40. The van der Waals surface area contributed by atoms with E-state index in [1.807, 2.05) is 6.07 Å². The van der Waals surface area contributed by atoms with E-state index in [1.165, 1.54) is 22.6 Å². The molecule has 106 valence electrons. The lowest BCUT2D eigenvalue weighted by atomic mass is 10.1. The minimum absolute atomic E-state index is 0.842. The molecule has 0 saturated heterocycles. The number of aryl methyl sites for hydroxylation is 2. The Kier molecular flexibility index (Phi) is 3.38. The zero-order chi connectivity index (χ0) is 14.1. The molecular weight excluding hydrogens is 248 g/mol. The third-order valence-electron chi connectivity index (χ3n) is 4.03. The number of nitrogens with zero attached hydrogens (tertiary/aromatic N) is 3. The Morgan fingerprint density at radius 3 is 2.85 bits per heavy atom. The summed E-state index contributed by atoms with van der Waals surface area (Å²) >= 11 is 0. The molecule has 3 rings (SSSR count). The largest absolute Gasteiger partial charge is 0.399 e. The number of nitrogen functional groups attached to an aromatic ring is 1. The summed E-state index contributed by atoms with van der Waals surface area (Å²) in [5.74, 6) is 0. The van der Waals surface area contributed by atoms with E-state index >= 15 is 0 Å². The van der Waals surface area contributed by atoms with Crippen LogP contribution in [-0.2, 0) is 25.9 Å². The molecule has 0 aliphatic carbocycles. The molecule has 0 amide bonds. The Morgan fingerprint density at radius 2 is 2.10 bits per heavy atom. The van der Waals surface area contributed by atoms with Crippen LogP contribution in [0, 0.1) is 0 Å². The SMILES string of the molecule is CCc1cc(CN2CCc3ccc(N)cc32)n(CC)n1. The van der Waals surface area contributed by atoms with Crippen LogP contribution in [0.3, 0.4) is 0 Å². The molecule has 0 spiro atoms. The maximum absolute atomic E-state index is 5.92. The zero-order valence-corrected chi connectivity index (χ0v) is 12.3. The predicted molar refractivity (Wildman–Crippen MR) is 82.9 cm³/mol. The molecule has 2 N–H and O–H groups in total. The van der Waals surface area contributed by atoms with Gasteiger partial charge in [-0.1, -0.05) is 13.0 Å². The van der Waals surface area contributed by atoms with E-state index < -0.39 is 0 Å². The van der Waals surface area contributed by atoms with Gasteiger partial charge in [-0.3, -0.25) is 4.68 Å². The van der Waals surface area contributed by atoms with E-state index in [0.717, 1.165) is 38.2 Å². The highest BCUT2D eigenvalue weighted by atomic mass is 15.3. The summed E-state index contributed by atoms with van der Waals surface area (Å²) in [6.45, 7) is 7.20. The van der Waals surface area contributed by atoms with Gasteiger partial charge in [0.2, 0.25) is 0 Å². The molecular formula is C16H22N4. The van der Waals surface area contributed by atoms with E-state index in [0.29, 0.717) is 0 Å². The summed E-state index contributed by atoms with van der Waals surface area (Å²) in [6.07, 6.45) is 2.10. The number of nitrogens with two attached hydrogens (primary N) is 1. The molecule has 20 heavy (non-hydrogen) atoms. The van der Waals surface area contributed by atoms with Crippen LogP contribution >= 0.6 is 0 Å². The number of anilines is 2. The monoisotopic (exact) mass is 270 g/mol. The highest BCUT2D eigenvalue weighted by Gasteiger charge is 2.20. The Hall–Kier alpha value is -1.97. The average Bonchev–Trinajstić information content (AvgIpc) is 3.03. The fourth-order valence-electron chi connectivity index (χ4n) is 2.91. The lowest BCUT2D eigenvalue weighted by Gasteiger charge is -2.20. The van der Waals surface area contributed by atoms with Crippen molar-refractivity contribution in [2.75, 3.05) is 17.2 Å². The molecule has 1 aliphatic heterocycles. The van der Waals surface area contributed by atoms with Gasteiger partial charge in [0.1, 0.15) is 0 Å². The molecule has 0 bridgehead atoms. The molecule has 1 aromatic heterocycles. The maximum atomic E-state index is 5.92. The summed E-state index contributed by atoms with van der Waals surface area (Å²) in [4.78, 5) is 2.41. The average molecular weight is 270 g/mol. The molecule has 0 fully saturated rings. The topological polar surface area (TPSA) is 47.1 Å². The molecule has 4 nitrogen and oxygen atoms in total. The van der Waals surface area contributed by atoms with Gasteiger partial charge in [-0.25, -0.2) is 0 Å². The van der Waals surface area contributed by atoms with Crippen molar-refractivity contribution in [2.45, 2.75) is 39.8 Å². The maximum Gasteiger partial charge on any atom is 0.0625 e. The number of hydrogen-bond acceptors (Lipinski definition) is 3. The van der Waals surface area contributed by atoms with Crippen LogP contribution in [0.25, 0.3) is 0 Å². The zero-order valence-electron chi connectivity index (χ0n) is 12.3. The van der Waals surface area contributed by atoms with Gasteiger partial charge < -0.3 is 10.6 Å².